The van der Waals surface area contributed by atoms with Gasteiger partial charge < -0.3 is 10.2 Å². The molecule has 0 aliphatic carbocycles. The van der Waals surface area contributed by atoms with Crippen LogP contribution in [0.4, 0.5) is 0 Å². The van der Waals surface area contributed by atoms with E-state index in [1.165, 1.54) is 16.0 Å². The van der Waals surface area contributed by atoms with Gasteiger partial charge in [-0.2, -0.15) is 5.10 Å². The molecule has 1 unspecified atom stereocenters. The molecule has 0 bridgehead atoms. The number of thiophene rings is 1. The summed E-state index contributed by atoms with van der Waals surface area (Å²) in [6, 6.07) is 11.4. The van der Waals surface area contributed by atoms with Crippen molar-refractivity contribution in [3.05, 3.63) is 63.9 Å². The van der Waals surface area contributed by atoms with Gasteiger partial charge in [0.2, 0.25) is 5.91 Å². The van der Waals surface area contributed by atoms with Crippen molar-refractivity contribution in [3.63, 3.8) is 0 Å². The second-order valence-corrected chi connectivity index (χ2v) is 7.05. The maximum absolute atomic E-state index is 12.5. The molecular formula is C18H20N4O2S. The summed E-state index contributed by atoms with van der Waals surface area (Å²) in [4.78, 5) is 26.9. The van der Waals surface area contributed by atoms with Crippen molar-refractivity contribution in [2.45, 2.75) is 12.6 Å². The second-order valence-electron chi connectivity index (χ2n) is 6.10. The van der Waals surface area contributed by atoms with E-state index in [2.05, 4.69) is 10.4 Å². The molecule has 1 amide bonds. The summed E-state index contributed by atoms with van der Waals surface area (Å²) >= 11 is 1.46. The van der Waals surface area contributed by atoms with Crippen molar-refractivity contribution >= 4 is 27.3 Å². The van der Waals surface area contributed by atoms with Crippen molar-refractivity contribution in [2.75, 3.05) is 20.6 Å². The number of carbonyl (C=O) groups excluding carboxylic acids is 1. The van der Waals surface area contributed by atoms with Gasteiger partial charge in [-0.15, -0.1) is 11.3 Å². The zero-order valence-electron chi connectivity index (χ0n) is 14.2. The fourth-order valence-corrected chi connectivity index (χ4v) is 3.43. The van der Waals surface area contributed by atoms with Crippen LogP contribution in [0.2, 0.25) is 0 Å². The molecule has 2 heterocycles. The molecule has 0 radical (unpaired) electrons. The minimum atomic E-state index is -0.238. The molecule has 25 heavy (non-hydrogen) atoms. The van der Waals surface area contributed by atoms with Crippen molar-refractivity contribution in [3.8, 4) is 0 Å². The molecular weight excluding hydrogens is 336 g/mol. The van der Waals surface area contributed by atoms with Gasteiger partial charge in [0, 0.05) is 6.54 Å². The molecule has 6 nitrogen and oxygen atoms in total. The Balaban J connectivity index is 1.76. The van der Waals surface area contributed by atoms with Crippen LogP contribution < -0.4 is 10.9 Å². The lowest BCUT2D eigenvalue weighted by Crippen LogP contribution is -2.39. The lowest BCUT2D eigenvalue weighted by molar-refractivity contribution is -0.122. The van der Waals surface area contributed by atoms with Crippen molar-refractivity contribution in [1.82, 2.24) is 20.0 Å². The number of rotatable bonds is 6. The highest BCUT2D eigenvalue weighted by molar-refractivity contribution is 7.17. The summed E-state index contributed by atoms with van der Waals surface area (Å²) in [5.74, 6) is -0.236. The van der Waals surface area contributed by atoms with Gasteiger partial charge in [-0.1, -0.05) is 30.3 Å². The first-order chi connectivity index (χ1) is 12.0. The van der Waals surface area contributed by atoms with Crippen LogP contribution in [0.1, 0.15) is 11.6 Å². The number of benzene rings is 1. The molecule has 7 heteroatoms. The van der Waals surface area contributed by atoms with Crippen LogP contribution in [0.25, 0.3) is 10.1 Å². The third-order valence-electron chi connectivity index (χ3n) is 3.85. The molecule has 0 aliphatic rings. The number of aromatic nitrogens is 2. The minimum absolute atomic E-state index is 0.0959. The Hall–Kier alpha value is -2.51. The average Bonchev–Trinajstić information content (AvgIpc) is 3.07. The predicted octanol–water partition coefficient (Wildman–Crippen LogP) is 1.88. The van der Waals surface area contributed by atoms with Crippen molar-refractivity contribution in [2.24, 2.45) is 0 Å². The average molecular weight is 356 g/mol. The third kappa shape index (κ3) is 4.12. The van der Waals surface area contributed by atoms with E-state index in [1.807, 2.05) is 54.7 Å². The molecule has 1 aromatic carbocycles. The number of likely N-dealkylation sites (N-methyl/N-ethyl adjacent to an activating group) is 1. The largest absolute Gasteiger partial charge is 0.346 e. The molecule has 2 aromatic heterocycles. The number of amides is 1. The summed E-state index contributed by atoms with van der Waals surface area (Å²) in [5.41, 5.74) is 0.788. The smallest absolute Gasteiger partial charge is 0.275 e. The maximum atomic E-state index is 12.5. The Labute approximate surface area is 149 Å². The highest BCUT2D eigenvalue weighted by Crippen LogP contribution is 2.15. The summed E-state index contributed by atoms with van der Waals surface area (Å²) in [7, 11) is 3.91. The van der Waals surface area contributed by atoms with Gasteiger partial charge in [-0.05, 0) is 31.1 Å². The number of fused-ring (bicyclic) bond motifs is 1. The molecule has 130 valence electrons. The van der Waals surface area contributed by atoms with Gasteiger partial charge in [-0.3, -0.25) is 9.59 Å². The highest BCUT2D eigenvalue weighted by Gasteiger charge is 2.17. The van der Waals surface area contributed by atoms with Gasteiger partial charge in [0.1, 0.15) is 6.54 Å². The monoisotopic (exact) mass is 356 g/mol. The lowest BCUT2D eigenvalue weighted by Gasteiger charge is -2.23. The van der Waals surface area contributed by atoms with E-state index < -0.39 is 0 Å². The Bertz CT molecular complexity index is 917. The SMILES string of the molecule is CN(C)CC(NC(=O)Cn1ncc2sccc2c1=O)c1ccccc1. The van der Waals surface area contributed by atoms with Gasteiger partial charge in [-0.25, -0.2) is 4.68 Å². The highest BCUT2D eigenvalue weighted by atomic mass is 32.1. The summed E-state index contributed by atoms with van der Waals surface area (Å²) < 4.78 is 2.04. The van der Waals surface area contributed by atoms with E-state index in [9.17, 15) is 9.59 Å². The minimum Gasteiger partial charge on any atom is -0.346 e. The summed E-state index contributed by atoms with van der Waals surface area (Å²) in [6.45, 7) is 0.572. The number of hydrogen-bond acceptors (Lipinski definition) is 5. The first kappa shape index (κ1) is 17.3. The fourth-order valence-electron chi connectivity index (χ4n) is 2.68. The Morgan fingerprint density at radius 3 is 2.76 bits per heavy atom. The van der Waals surface area contributed by atoms with Crippen LogP contribution in [-0.2, 0) is 11.3 Å². The second kappa shape index (κ2) is 7.58. The van der Waals surface area contributed by atoms with Crippen LogP contribution in [0.15, 0.2) is 52.8 Å². The zero-order valence-corrected chi connectivity index (χ0v) is 15.0. The summed E-state index contributed by atoms with van der Waals surface area (Å²) in [6.07, 6.45) is 1.63. The molecule has 1 atom stereocenters. The van der Waals surface area contributed by atoms with Crippen LogP contribution >= 0.6 is 11.3 Å². The molecule has 0 saturated heterocycles. The Kier molecular flexibility index (Phi) is 5.25. The number of carbonyl (C=O) groups is 1. The topological polar surface area (TPSA) is 67.2 Å². The third-order valence-corrected chi connectivity index (χ3v) is 4.70. The number of nitrogens with zero attached hydrogens (tertiary/aromatic N) is 3. The predicted molar refractivity (Wildman–Crippen MR) is 99.8 cm³/mol. The van der Waals surface area contributed by atoms with E-state index in [0.717, 1.165) is 10.3 Å². The first-order valence-electron chi connectivity index (χ1n) is 7.97. The lowest BCUT2D eigenvalue weighted by atomic mass is 10.1. The molecule has 0 aliphatic heterocycles. The fraction of sp³-hybridized carbons (Fsp3) is 0.278. The van der Waals surface area contributed by atoms with Crippen molar-refractivity contribution in [1.29, 1.82) is 0 Å². The normalized spacial score (nSPS) is 12.4. The quantitative estimate of drug-likeness (QED) is 0.732. The van der Waals surface area contributed by atoms with Gasteiger partial charge in [0.05, 0.1) is 22.3 Å². The van der Waals surface area contributed by atoms with Gasteiger partial charge in [0.25, 0.3) is 5.56 Å². The number of hydrogen-bond donors (Lipinski definition) is 1. The van der Waals surface area contributed by atoms with Crippen LogP contribution in [0.5, 0.6) is 0 Å². The molecule has 0 fully saturated rings. The van der Waals surface area contributed by atoms with E-state index in [1.54, 1.807) is 12.3 Å². The molecule has 0 saturated carbocycles. The Morgan fingerprint density at radius 1 is 1.28 bits per heavy atom. The van der Waals surface area contributed by atoms with Crippen LogP contribution in [0, 0.1) is 0 Å². The van der Waals surface area contributed by atoms with Crippen molar-refractivity contribution < 1.29 is 4.79 Å². The van der Waals surface area contributed by atoms with Crippen LogP contribution in [0.3, 0.4) is 0 Å². The van der Waals surface area contributed by atoms with E-state index >= 15 is 0 Å². The van der Waals surface area contributed by atoms with E-state index in [0.29, 0.717) is 11.9 Å². The van der Waals surface area contributed by atoms with E-state index in [-0.39, 0.29) is 24.1 Å². The zero-order chi connectivity index (χ0) is 17.8. The van der Waals surface area contributed by atoms with Crippen LogP contribution in [-0.4, -0.2) is 41.2 Å². The van der Waals surface area contributed by atoms with Gasteiger partial charge >= 0.3 is 0 Å². The molecule has 3 aromatic rings. The maximum Gasteiger partial charge on any atom is 0.275 e. The molecule has 3 rings (SSSR count). The Morgan fingerprint density at radius 2 is 2.04 bits per heavy atom. The number of nitrogens with one attached hydrogen (secondary N) is 1. The molecule has 1 N–H and O–H groups in total. The summed E-state index contributed by atoms with van der Waals surface area (Å²) in [5, 5.41) is 9.55. The van der Waals surface area contributed by atoms with Gasteiger partial charge in [0.15, 0.2) is 0 Å². The standard InChI is InChI=1S/C18H20N4O2S/c1-21(2)11-15(13-6-4-3-5-7-13)20-17(23)12-22-18(24)14-8-9-25-16(14)10-19-22/h3-10,15H,11-12H2,1-2H3,(H,20,23). The van der Waals surface area contributed by atoms with E-state index in [4.69, 9.17) is 0 Å². The first-order valence-corrected chi connectivity index (χ1v) is 8.85. The molecule has 0 spiro atoms.